The van der Waals surface area contributed by atoms with Gasteiger partial charge in [0.05, 0.1) is 0 Å². The molecule has 0 aliphatic rings. The highest BCUT2D eigenvalue weighted by molar-refractivity contribution is 4.64. The van der Waals surface area contributed by atoms with Gasteiger partial charge in [0.2, 0.25) is 0 Å². The molecule has 0 saturated heterocycles. The van der Waals surface area contributed by atoms with Crippen LogP contribution in [0.2, 0.25) is 0 Å². The second-order valence-corrected chi connectivity index (χ2v) is 0.385. The summed E-state index contributed by atoms with van der Waals surface area (Å²) in [7, 11) is 0. The van der Waals surface area contributed by atoms with Crippen LogP contribution in [-0.4, -0.2) is 0 Å². The fourth-order valence-corrected chi connectivity index (χ4v) is 0. The van der Waals surface area contributed by atoms with Gasteiger partial charge in [0, 0.05) is 12.4 Å². The molecule has 0 fully saturated rings. The van der Waals surface area contributed by atoms with Crippen LogP contribution < -0.4 is 11.5 Å². The molecule has 0 atom stereocenters. The lowest BCUT2D eigenvalue weighted by Crippen LogP contribution is -1.81. The second kappa shape index (κ2) is 10.2. The second-order valence-electron chi connectivity index (χ2n) is 0.385. The molecule has 0 bridgehead atoms. The quantitative estimate of drug-likeness (QED) is 0.425. The Balaban J connectivity index is 0. The first-order chi connectivity index (χ1) is 1.91. The highest BCUT2D eigenvalue weighted by Crippen LogP contribution is 1.30. The maximum absolute atomic E-state index is 4.72. The summed E-state index contributed by atoms with van der Waals surface area (Å²) in [6.45, 7) is 0. The molecule has 0 spiro atoms. The van der Waals surface area contributed by atoms with Crippen molar-refractivity contribution in [1.29, 1.82) is 0 Å². The summed E-state index contributed by atoms with van der Waals surface area (Å²) in [5, 5.41) is 0. The Morgan fingerprint density at radius 1 is 1.00 bits per heavy atom. The van der Waals surface area contributed by atoms with Crippen LogP contribution in [0.25, 0.3) is 0 Å². The topological polar surface area (TPSA) is 52.0 Å². The molecule has 32 valence electrons. The van der Waals surface area contributed by atoms with E-state index in [1.54, 1.807) is 0 Å². The van der Waals surface area contributed by atoms with Crippen molar-refractivity contribution in [3.05, 3.63) is 12.4 Å². The lowest BCUT2D eigenvalue weighted by Gasteiger charge is -1.56. The van der Waals surface area contributed by atoms with Crippen LogP contribution in [0.15, 0.2) is 12.4 Å². The van der Waals surface area contributed by atoms with E-state index in [-0.39, 0.29) is 7.43 Å². The summed E-state index contributed by atoms with van der Waals surface area (Å²) in [6.07, 6.45) is 2.56. The van der Waals surface area contributed by atoms with Crippen LogP contribution in [-0.2, 0) is 0 Å². The molecule has 0 aromatic carbocycles. The van der Waals surface area contributed by atoms with Gasteiger partial charge in [-0.1, -0.05) is 7.43 Å². The summed E-state index contributed by atoms with van der Waals surface area (Å²) in [4.78, 5) is 0. The number of hydrogen-bond donors (Lipinski definition) is 2. The molecule has 2 nitrogen and oxygen atoms in total. The Labute approximate surface area is 32.5 Å². The van der Waals surface area contributed by atoms with Gasteiger partial charge in [-0.15, -0.1) is 0 Å². The Morgan fingerprint density at radius 2 is 1.20 bits per heavy atom. The summed E-state index contributed by atoms with van der Waals surface area (Å²) < 4.78 is 0. The molecule has 0 rings (SSSR count). The molecule has 0 aliphatic heterocycles. The van der Waals surface area contributed by atoms with E-state index in [9.17, 15) is 0 Å². The summed E-state index contributed by atoms with van der Waals surface area (Å²) in [6, 6.07) is 0. The number of nitrogens with two attached hydrogens (primary N) is 2. The maximum Gasteiger partial charge on any atom is 0.00957 e. The molecule has 0 radical (unpaired) electrons. The van der Waals surface area contributed by atoms with Gasteiger partial charge in [-0.3, -0.25) is 0 Å². The van der Waals surface area contributed by atoms with Crippen molar-refractivity contribution in [3.8, 4) is 0 Å². The monoisotopic (exact) mass is 74.1 g/mol. The normalized spacial score (nSPS) is 7.20. The third kappa shape index (κ3) is 51.9. The molecule has 0 heterocycles. The molecule has 5 heavy (non-hydrogen) atoms. The third-order valence-corrected chi connectivity index (χ3v) is 0.111. The molecule has 2 heteroatoms. The minimum Gasteiger partial charge on any atom is -0.403 e. The summed E-state index contributed by atoms with van der Waals surface area (Å²) >= 11 is 0. The van der Waals surface area contributed by atoms with E-state index in [4.69, 9.17) is 11.5 Å². The molecule has 0 aliphatic carbocycles. The Hall–Kier alpha value is -0.660. The number of rotatable bonds is 0. The molecule has 4 N–H and O–H groups in total. The molecule has 0 unspecified atom stereocenters. The molecule has 0 aromatic heterocycles. The first-order valence-corrected chi connectivity index (χ1v) is 1.00. The van der Waals surface area contributed by atoms with Gasteiger partial charge >= 0.3 is 0 Å². The minimum absolute atomic E-state index is 0. The van der Waals surface area contributed by atoms with Gasteiger partial charge in [0.15, 0.2) is 0 Å². The van der Waals surface area contributed by atoms with Gasteiger partial charge in [0.1, 0.15) is 0 Å². The standard InChI is InChI=1S/C2H6N2.CH4/c3-1-2-4;/h1-2H,3-4H2;1H4. The fraction of sp³-hybridized carbons (Fsp3) is 0.333. The van der Waals surface area contributed by atoms with E-state index in [1.807, 2.05) is 0 Å². The average molecular weight is 74.1 g/mol. The van der Waals surface area contributed by atoms with Gasteiger partial charge in [-0.25, -0.2) is 0 Å². The molecule has 0 aromatic rings. The zero-order valence-electron chi connectivity index (χ0n) is 2.31. The third-order valence-electron chi connectivity index (χ3n) is 0.111. The van der Waals surface area contributed by atoms with Crippen molar-refractivity contribution in [1.82, 2.24) is 0 Å². The predicted octanol–water partition coefficient (Wildman–Crippen LogP) is 0.0111. The SMILES string of the molecule is C.NC=CN. The van der Waals surface area contributed by atoms with Crippen LogP contribution in [0, 0.1) is 0 Å². The van der Waals surface area contributed by atoms with E-state index in [0.29, 0.717) is 0 Å². The molecular weight excluding hydrogens is 64.0 g/mol. The van der Waals surface area contributed by atoms with Crippen molar-refractivity contribution < 1.29 is 0 Å². The first-order valence-electron chi connectivity index (χ1n) is 1.00. The van der Waals surface area contributed by atoms with Gasteiger partial charge in [-0.2, -0.15) is 0 Å². The van der Waals surface area contributed by atoms with Crippen LogP contribution >= 0.6 is 0 Å². The Kier molecular flexibility index (Phi) is 18.0. The predicted molar refractivity (Wildman–Crippen MR) is 24.2 cm³/mol. The van der Waals surface area contributed by atoms with Gasteiger partial charge in [-0.05, 0) is 0 Å². The van der Waals surface area contributed by atoms with E-state index in [1.165, 1.54) is 12.4 Å². The maximum atomic E-state index is 4.72. The highest BCUT2D eigenvalue weighted by atomic mass is 14.6. The zero-order chi connectivity index (χ0) is 3.41. The highest BCUT2D eigenvalue weighted by Gasteiger charge is 1.30. The first kappa shape index (κ1) is 8.84. The van der Waals surface area contributed by atoms with Gasteiger partial charge < -0.3 is 11.5 Å². The van der Waals surface area contributed by atoms with E-state index in [2.05, 4.69) is 0 Å². The van der Waals surface area contributed by atoms with E-state index >= 15 is 0 Å². The zero-order valence-corrected chi connectivity index (χ0v) is 2.31. The largest absolute Gasteiger partial charge is 0.403 e. The van der Waals surface area contributed by atoms with Crippen LogP contribution in [0.1, 0.15) is 7.43 Å². The average Bonchev–Trinajstić information content (AvgIpc) is 1.37. The van der Waals surface area contributed by atoms with Gasteiger partial charge in [0.25, 0.3) is 0 Å². The van der Waals surface area contributed by atoms with Crippen molar-refractivity contribution >= 4 is 0 Å². The molecule has 0 amide bonds. The molecular formula is C3H10N2. The van der Waals surface area contributed by atoms with Crippen molar-refractivity contribution in [2.75, 3.05) is 0 Å². The van der Waals surface area contributed by atoms with Crippen LogP contribution in [0.3, 0.4) is 0 Å². The lowest BCUT2D eigenvalue weighted by molar-refractivity contribution is 1.50. The Bertz CT molecular complexity index is 20.1. The Morgan fingerprint density at radius 3 is 1.20 bits per heavy atom. The van der Waals surface area contributed by atoms with Crippen molar-refractivity contribution in [2.24, 2.45) is 11.5 Å². The summed E-state index contributed by atoms with van der Waals surface area (Å²) in [5.74, 6) is 0. The van der Waals surface area contributed by atoms with E-state index < -0.39 is 0 Å². The molecule has 0 saturated carbocycles. The van der Waals surface area contributed by atoms with E-state index in [0.717, 1.165) is 0 Å². The smallest absolute Gasteiger partial charge is 0.00957 e. The van der Waals surface area contributed by atoms with Crippen molar-refractivity contribution in [2.45, 2.75) is 7.43 Å². The summed E-state index contributed by atoms with van der Waals surface area (Å²) in [5.41, 5.74) is 9.44. The number of hydrogen-bond acceptors (Lipinski definition) is 2. The minimum atomic E-state index is 0. The lowest BCUT2D eigenvalue weighted by atomic mass is 11.0. The van der Waals surface area contributed by atoms with Crippen molar-refractivity contribution in [3.63, 3.8) is 0 Å². The van der Waals surface area contributed by atoms with Crippen LogP contribution in [0.5, 0.6) is 0 Å². The fourth-order valence-electron chi connectivity index (χ4n) is 0. The van der Waals surface area contributed by atoms with Crippen LogP contribution in [0.4, 0.5) is 0 Å².